The molecule has 1 aromatic rings. The molecule has 1 aromatic heterocycles. The Morgan fingerprint density at radius 3 is 2.83 bits per heavy atom. The third kappa shape index (κ3) is 6.85. The maximum absolute atomic E-state index is 8.94. The first-order valence-electron chi connectivity index (χ1n) is 5.91. The number of rotatable bonds is 6. The van der Waals surface area contributed by atoms with Crippen molar-refractivity contribution in [2.45, 2.75) is 20.4 Å². The Morgan fingerprint density at radius 2 is 2.28 bits per heavy atom. The molecule has 0 aliphatic carbocycles. The van der Waals surface area contributed by atoms with Gasteiger partial charge in [-0.1, -0.05) is 6.92 Å². The fourth-order valence-electron chi connectivity index (χ4n) is 1.24. The van der Waals surface area contributed by atoms with Gasteiger partial charge in [0, 0.05) is 19.7 Å². The summed E-state index contributed by atoms with van der Waals surface area (Å²) in [5.74, 6) is 1.78. The van der Waals surface area contributed by atoms with Crippen LogP contribution in [0.3, 0.4) is 0 Å². The highest BCUT2D eigenvalue weighted by molar-refractivity contribution is 14.0. The highest BCUT2D eigenvalue weighted by Gasteiger charge is 2.02. The van der Waals surface area contributed by atoms with Gasteiger partial charge in [0.05, 0.1) is 6.26 Å². The molecule has 0 aliphatic rings. The zero-order chi connectivity index (χ0) is 12.5. The molecule has 0 amide bonds. The molecule has 1 unspecified atom stereocenters. The first-order valence-corrected chi connectivity index (χ1v) is 5.91. The molecule has 1 heterocycles. The van der Waals surface area contributed by atoms with Crippen molar-refractivity contribution in [2.75, 3.05) is 19.7 Å². The summed E-state index contributed by atoms with van der Waals surface area (Å²) >= 11 is 0. The lowest BCUT2D eigenvalue weighted by Gasteiger charge is -2.13. The molecule has 5 nitrogen and oxygen atoms in total. The average molecular weight is 367 g/mol. The van der Waals surface area contributed by atoms with Gasteiger partial charge in [-0.3, -0.25) is 0 Å². The van der Waals surface area contributed by atoms with Crippen molar-refractivity contribution in [1.82, 2.24) is 10.6 Å². The predicted octanol–water partition coefficient (Wildman–Crippen LogP) is 1.58. The number of hydrogen-bond acceptors (Lipinski definition) is 3. The van der Waals surface area contributed by atoms with Crippen LogP contribution in [0.5, 0.6) is 0 Å². The van der Waals surface area contributed by atoms with Gasteiger partial charge in [-0.15, -0.1) is 24.0 Å². The molecule has 0 bridgehead atoms. The second-order valence-electron chi connectivity index (χ2n) is 3.94. The van der Waals surface area contributed by atoms with E-state index in [1.165, 1.54) is 0 Å². The molecule has 6 heteroatoms. The van der Waals surface area contributed by atoms with Crippen molar-refractivity contribution in [3.63, 3.8) is 0 Å². The Morgan fingerprint density at radius 1 is 1.50 bits per heavy atom. The number of aliphatic hydroxyl groups excluding tert-OH is 1. The van der Waals surface area contributed by atoms with Gasteiger partial charge in [0.2, 0.25) is 0 Å². The summed E-state index contributed by atoms with van der Waals surface area (Å²) in [5.41, 5.74) is 0. The van der Waals surface area contributed by atoms with E-state index in [0.29, 0.717) is 13.1 Å². The number of nitrogens with zero attached hydrogens (tertiary/aromatic N) is 1. The first-order chi connectivity index (χ1) is 8.26. The van der Waals surface area contributed by atoms with Crippen LogP contribution >= 0.6 is 24.0 Å². The van der Waals surface area contributed by atoms with E-state index in [0.717, 1.165) is 18.3 Å². The summed E-state index contributed by atoms with van der Waals surface area (Å²) in [5, 5.41) is 15.3. The van der Waals surface area contributed by atoms with Crippen molar-refractivity contribution in [3.05, 3.63) is 24.2 Å². The van der Waals surface area contributed by atoms with Gasteiger partial charge in [-0.05, 0) is 25.0 Å². The van der Waals surface area contributed by atoms with Crippen LogP contribution in [0, 0.1) is 5.92 Å². The molecule has 0 saturated heterocycles. The Hall–Kier alpha value is -0.760. The molecule has 0 saturated carbocycles. The minimum absolute atomic E-state index is 0. The van der Waals surface area contributed by atoms with E-state index in [2.05, 4.69) is 15.6 Å². The van der Waals surface area contributed by atoms with Crippen LogP contribution in [0.25, 0.3) is 0 Å². The number of furan rings is 1. The standard InChI is InChI=1S/C12H21N3O2.HI/c1-3-13-12(14-7-10(2)9-16)15-8-11-5-4-6-17-11;/h4-6,10,16H,3,7-9H2,1-2H3,(H2,13,14,15);1H. The summed E-state index contributed by atoms with van der Waals surface area (Å²) in [6.07, 6.45) is 1.64. The van der Waals surface area contributed by atoms with E-state index in [4.69, 9.17) is 9.52 Å². The largest absolute Gasteiger partial charge is 0.467 e. The van der Waals surface area contributed by atoms with Gasteiger partial charge >= 0.3 is 0 Å². The number of aliphatic imine (C=N–C) groups is 1. The van der Waals surface area contributed by atoms with Gasteiger partial charge in [0.25, 0.3) is 0 Å². The molecular weight excluding hydrogens is 345 g/mol. The number of nitrogens with one attached hydrogen (secondary N) is 2. The lowest BCUT2D eigenvalue weighted by Crippen LogP contribution is -2.39. The highest BCUT2D eigenvalue weighted by Crippen LogP contribution is 2.01. The molecular formula is C12H22IN3O2. The lowest BCUT2D eigenvalue weighted by molar-refractivity contribution is 0.238. The molecule has 18 heavy (non-hydrogen) atoms. The number of halogens is 1. The van der Waals surface area contributed by atoms with E-state index < -0.39 is 0 Å². The maximum atomic E-state index is 8.94. The fourth-order valence-corrected chi connectivity index (χ4v) is 1.24. The third-order valence-electron chi connectivity index (χ3n) is 2.25. The van der Waals surface area contributed by atoms with Crippen molar-refractivity contribution in [3.8, 4) is 0 Å². The zero-order valence-electron chi connectivity index (χ0n) is 10.8. The van der Waals surface area contributed by atoms with Crippen LogP contribution in [-0.2, 0) is 6.54 Å². The summed E-state index contributed by atoms with van der Waals surface area (Å²) < 4.78 is 5.21. The SMILES string of the molecule is CCNC(=NCc1ccco1)NCC(C)CO.I. The Labute approximate surface area is 125 Å². The van der Waals surface area contributed by atoms with Gasteiger partial charge in [-0.25, -0.2) is 4.99 Å². The summed E-state index contributed by atoms with van der Waals surface area (Å²) in [6, 6.07) is 3.74. The van der Waals surface area contributed by atoms with Crippen LogP contribution in [0.1, 0.15) is 19.6 Å². The Balaban J connectivity index is 0.00000289. The smallest absolute Gasteiger partial charge is 0.191 e. The fraction of sp³-hybridized carbons (Fsp3) is 0.583. The molecule has 104 valence electrons. The first kappa shape index (κ1) is 17.2. The van der Waals surface area contributed by atoms with Crippen LogP contribution in [0.4, 0.5) is 0 Å². The molecule has 1 atom stereocenters. The van der Waals surface area contributed by atoms with Crippen molar-refractivity contribution in [2.24, 2.45) is 10.9 Å². The summed E-state index contributed by atoms with van der Waals surface area (Å²) in [4.78, 5) is 4.38. The molecule has 0 aliphatic heterocycles. The molecule has 1 rings (SSSR count). The minimum atomic E-state index is 0. The molecule has 0 aromatic carbocycles. The van der Waals surface area contributed by atoms with Crippen LogP contribution in [-0.4, -0.2) is 30.8 Å². The Kier molecular flexibility index (Phi) is 9.76. The molecule has 3 N–H and O–H groups in total. The second kappa shape index (κ2) is 10.2. The number of guanidine groups is 1. The van der Waals surface area contributed by atoms with Crippen LogP contribution < -0.4 is 10.6 Å². The Bertz CT molecular complexity index is 328. The van der Waals surface area contributed by atoms with Crippen molar-refractivity contribution in [1.29, 1.82) is 0 Å². The highest BCUT2D eigenvalue weighted by atomic mass is 127. The van der Waals surface area contributed by atoms with E-state index in [1.54, 1.807) is 6.26 Å². The van der Waals surface area contributed by atoms with Gasteiger partial charge in [-0.2, -0.15) is 0 Å². The zero-order valence-corrected chi connectivity index (χ0v) is 13.2. The molecule has 0 radical (unpaired) electrons. The van der Waals surface area contributed by atoms with E-state index in [-0.39, 0.29) is 36.5 Å². The predicted molar refractivity (Wildman–Crippen MR) is 83.2 cm³/mol. The van der Waals surface area contributed by atoms with Crippen molar-refractivity contribution < 1.29 is 9.52 Å². The summed E-state index contributed by atoms with van der Waals surface area (Å²) in [7, 11) is 0. The van der Waals surface area contributed by atoms with Crippen molar-refractivity contribution >= 4 is 29.9 Å². The topological polar surface area (TPSA) is 69.8 Å². The number of hydrogen-bond donors (Lipinski definition) is 3. The average Bonchev–Trinajstić information content (AvgIpc) is 2.85. The number of aliphatic hydroxyl groups is 1. The van der Waals surface area contributed by atoms with Gasteiger partial charge in [0.1, 0.15) is 12.3 Å². The van der Waals surface area contributed by atoms with Gasteiger partial charge < -0.3 is 20.2 Å². The summed E-state index contributed by atoms with van der Waals surface area (Å²) in [6.45, 7) is 6.17. The third-order valence-corrected chi connectivity index (χ3v) is 2.25. The normalized spacial score (nSPS) is 12.7. The van der Waals surface area contributed by atoms with Crippen LogP contribution in [0.15, 0.2) is 27.8 Å². The minimum Gasteiger partial charge on any atom is -0.467 e. The van der Waals surface area contributed by atoms with E-state index in [1.807, 2.05) is 26.0 Å². The van der Waals surface area contributed by atoms with Crippen LogP contribution in [0.2, 0.25) is 0 Å². The maximum Gasteiger partial charge on any atom is 0.191 e. The van der Waals surface area contributed by atoms with E-state index in [9.17, 15) is 0 Å². The quantitative estimate of drug-likeness (QED) is 0.406. The lowest BCUT2D eigenvalue weighted by atomic mass is 10.2. The second-order valence-corrected chi connectivity index (χ2v) is 3.94. The van der Waals surface area contributed by atoms with E-state index >= 15 is 0 Å². The molecule has 0 spiro atoms. The molecule has 0 fully saturated rings. The van der Waals surface area contributed by atoms with Gasteiger partial charge in [0.15, 0.2) is 5.96 Å². The monoisotopic (exact) mass is 367 g/mol.